The maximum Gasteiger partial charge on any atom is 0.168 e. The zero-order valence-corrected chi connectivity index (χ0v) is 12.8. The van der Waals surface area contributed by atoms with Crippen LogP contribution in [0.3, 0.4) is 0 Å². The molecular weight excluding hydrogens is 296 g/mol. The van der Waals surface area contributed by atoms with E-state index in [1.165, 1.54) is 0 Å². The standard InChI is InChI=1S/C14H17ClN2O2S/c1-19-6-7-20-14-16-13(10-18)9-17(14)8-11-2-4-12(15)5-3-11/h2-5,9,18H,6-8,10H2,1H3. The predicted octanol–water partition coefficient (Wildman–Crippen LogP) is 2.82. The monoisotopic (exact) mass is 312 g/mol. The third-order valence-electron chi connectivity index (χ3n) is 2.74. The summed E-state index contributed by atoms with van der Waals surface area (Å²) < 4.78 is 7.08. The second-order valence-corrected chi connectivity index (χ2v) is 5.77. The Labute approximate surface area is 127 Å². The molecule has 0 radical (unpaired) electrons. The summed E-state index contributed by atoms with van der Waals surface area (Å²) in [5, 5.41) is 10.8. The van der Waals surface area contributed by atoms with Crippen molar-refractivity contribution in [3.8, 4) is 0 Å². The molecule has 6 heteroatoms. The van der Waals surface area contributed by atoms with Gasteiger partial charge in [-0.3, -0.25) is 0 Å². The second kappa shape index (κ2) is 7.69. The number of thioether (sulfide) groups is 1. The van der Waals surface area contributed by atoms with Gasteiger partial charge in [-0.15, -0.1) is 0 Å². The van der Waals surface area contributed by atoms with Crippen molar-refractivity contribution in [3.63, 3.8) is 0 Å². The van der Waals surface area contributed by atoms with Gasteiger partial charge in [-0.2, -0.15) is 0 Å². The first-order chi connectivity index (χ1) is 9.72. The number of aliphatic hydroxyl groups is 1. The Morgan fingerprint density at radius 2 is 2.10 bits per heavy atom. The number of hydrogen-bond acceptors (Lipinski definition) is 4. The third-order valence-corrected chi connectivity index (χ3v) is 3.94. The predicted molar refractivity (Wildman–Crippen MR) is 81.3 cm³/mol. The SMILES string of the molecule is COCCSc1nc(CO)cn1Cc1ccc(Cl)cc1. The molecule has 2 aromatic rings. The number of methoxy groups -OCH3 is 1. The minimum absolute atomic E-state index is 0.0501. The zero-order chi connectivity index (χ0) is 14.4. The van der Waals surface area contributed by atoms with Crippen LogP contribution in [-0.4, -0.2) is 34.1 Å². The van der Waals surface area contributed by atoms with E-state index < -0.39 is 0 Å². The number of ether oxygens (including phenoxy) is 1. The summed E-state index contributed by atoms with van der Waals surface area (Å²) in [5.74, 6) is 0.832. The molecule has 1 aromatic heterocycles. The van der Waals surface area contributed by atoms with Crippen LogP contribution in [-0.2, 0) is 17.9 Å². The minimum atomic E-state index is -0.0501. The summed E-state index contributed by atoms with van der Waals surface area (Å²) in [6.45, 7) is 1.33. The van der Waals surface area contributed by atoms with Gasteiger partial charge in [0.1, 0.15) is 0 Å². The fourth-order valence-corrected chi connectivity index (χ4v) is 2.78. The average Bonchev–Trinajstić information content (AvgIpc) is 2.84. The van der Waals surface area contributed by atoms with Crippen molar-refractivity contribution in [2.75, 3.05) is 19.5 Å². The summed E-state index contributed by atoms with van der Waals surface area (Å²) in [4.78, 5) is 4.41. The highest BCUT2D eigenvalue weighted by Crippen LogP contribution is 2.20. The van der Waals surface area contributed by atoms with Crippen LogP contribution in [0, 0.1) is 0 Å². The van der Waals surface area contributed by atoms with Gasteiger partial charge in [0.05, 0.1) is 18.9 Å². The highest BCUT2D eigenvalue weighted by atomic mass is 35.5. The molecule has 20 heavy (non-hydrogen) atoms. The number of imidazole rings is 1. The van der Waals surface area contributed by atoms with Crippen molar-refractivity contribution >= 4 is 23.4 Å². The van der Waals surface area contributed by atoms with E-state index in [1.54, 1.807) is 18.9 Å². The second-order valence-electron chi connectivity index (χ2n) is 4.27. The van der Waals surface area contributed by atoms with E-state index in [0.717, 1.165) is 21.5 Å². The molecule has 2 rings (SSSR count). The number of nitrogens with zero attached hydrogens (tertiary/aromatic N) is 2. The molecule has 0 unspecified atom stereocenters. The van der Waals surface area contributed by atoms with E-state index in [1.807, 2.05) is 35.0 Å². The lowest BCUT2D eigenvalue weighted by molar-refractivity contribution is 0.218. The Bertz CT molecular complexity index is 543. The molecule has 0 aliphatic carbocycles. The van der Waals surface area contributed by atoms with Crippen LogP contribution in [0.25, 0.3) is 0 Å². The van der Waals surface area contributed by atoms with Gasteiger partial charge in [0.25, 0.3) is 0 Å². The summed E-state index contributed by atoms with van der Waals surface area (Å²) >= 11 is 7.51. The van der Waals surface area contributed by atoms with E-state index in [9.17, 15) is 5.11 Å². The van der Waals surface area contributed by atoms with E-state index in [0.29, 0.717) is 18.8 Å². The first-order valence-corrected chi connectivity index (χ1v) is 7.62. The number of halogens is 1. The fourth-order valence-electron chi connectivity index (χ4n) is 1.76. The topological polar surface area (TPSA) is 47.3 Å². The van der Waals surface area contributed by atoms with Crippen LogP contribution >= 0.6 is 23.4 Å². The largest absolute Gasteiger partial charge is 0.390 e. The van der Waals surface area contributed by atoms with E-state index in [-0.39, 0.29) is 6.61 Å². The maximum absolute atomic E-state index is 9.22. The smallest absolute Gasteiger partial charge is 0.168 e. The number of benzene rings is 1. The molecular formula is C14H17ClN2O2S. The Hall–Kier alpha value is -1.01. The molecule has 0 amide bonds. The summed E-state index contributed by atoms with van der Waals surface area (Å²) in [5.41, 5.74) is 1.82. The van der Waals surface area contributed by atoms with Gasteiger partial charge in [-0.25, -0.2) is 4.98 Å². The van der Waals surface area contributed by atoms with Crippen LogP contribution in [0.15, 0.2) is 35.6 Å². The molecule has 0 aliphatic heterocycles. The maximum atomic E-state index is 9.22. The molecule has 4 nitrogen and oxygen atoms in total. The number of aromatic nitrogens is 2. The van der Waals surface area contributed by atoms with Crippen molar-refractivity contribution in [2.45, 2.75) is 18.3 Å². The van der Waals surface area contributed by atoms with Crippen LogP contribution in [0.1, 0.15) is 11.3 Å². The molecule has 108 valence electrons. The van der Waals surface area contributed by atoms with Crippen LogP contribution in [0.2, 0.25) is 5.02 Å². The van der Waals surface area contributed by atoms with Gasteiger partial charge >= 0.3 is 0 Å². The number of rotatable bonds is 7. The average molecular weight is 313 g/mol. The Balaban J connectivity index is 2.12. The van der Waals surface area contributed by atoms with Crippen LogP contribution < -0.4 is 0 Å². The Kier molecular flexibility index (Phi) is 5.91. The quantitative estimate of drug-likeness (QED) is 0.631. The Morgan fingerprint density at radius 3 is 2.75 bits per heavy atom. The van der Waals surface area contributed by atoms with Gasteiger partial charge in [-0.1, -0.05) is 35.5 Å². The molecule has 0 fully saturated rings. The van der Waals surface area contributed by atoms with E-state index in [2.05, 4.69) is 4.98 Å². The summed E-state index contributed by atoms with van der Waals surface area (Å²) in [6.07, 6.45) is 1.88. The van der Waals surface area contributed by atoms with Gasteiger partial charge in [0.2, 0.25) is 0 Å². The normalized spacial score (nSPS) is 10.9. The molecule has 0 bridgehead atoms. The zero-order valence-electron chi connectivity index (χ0n) is 11.3. The lowest BCUT2D eigenvalue weighted by Gasteiger charge is -2.07. The van der Waals surface area contributed by atoms with Gasteiger partial charge in [0.15, 0.2) is 5.16 Å². The lowest BCUT2D eigenvalue weighted by atomic mass is 10.2. The van der Waals surface area contributed by atoms with Crippen LogP contribution in [0.4, 0.5) is 0 Å². The van der Waals surface area contributed by atoms with E-state index >= 15 is 0 Å². The number of hydrogen-bond donors (Lipinski definition) is 1. The van der Waals surface area contributed by atoms with Gasteiger partial charge in [-0.05, 0) is 17.7 Å². The molecule has 1 aromatic carbocycles. The molecule has 0 spiro atoms. The minimum Gasteiger partial charge on any atom is -0.390 e. The van der Waals surface area contributed by atoms with E-state index in [4.69, 9.17) is 16.3 Å². The molecule has 1 N–H and O–H groups in total. The summed E-state index contributed by atoms with van der Waals surface area (Å²) in [6, 6.07) is 7.73. The van der Waals surface area contributed by atoms with Crippen molar-refractivity contribution in [3.05, 3.63) is 46.7 Å². The van der Waals surface area contributed by atoms with Gasteiger partial charge in [0, 0.05) is 30.6 Å². The highest BCUT2D eigenvalue weighted by Gasteiger charge is 2.08. The third kappa shape index (κ3) is 4.24. The van der Waals surface area contributed by atoms with Crippen molar-refractivity contribution in [1.29, 1.82) is 0 Å². The lowest BCUT2D eigenvalue weighted by Crippen LogP contribution is -2.01. The van der Waals surface area contributed by atoms with Crippen molar-refractivity contribution < 1.29 is 9.84 Å². The highest BCUT2D eigenvalue weighted by molar-refractivity contribution is 7.99. The molecule has 1 heterocycles. The fraction of sp³-hybridized carbons (Fsp3) is 0.357. The van der Waals surface area contributed by atoms with Crippen LogP contribution in [0.5, 0.6) is 0 Å². The molecule has 0 atom stereocenters. The molecule has 0 saturated heterocycles. The first kappa shape index (κ1) is 15.4. The van der Waals surface area contributed by atoms with Gasteiger partial charge < -0.3 is 14.4 Å². The summed E-state index contributed by atoms with van der Waals surface area (Å²) in [7, 11) is 1.68. The first-order valence-electron chi connectivity index (χ1n) is 6.26. The number of aliphatic hydroxyl groups excluding tert-OH is 1. The van der Waals surface area contributed by atoms with Crippen molar-refractivity contribution in [1.82, 2.24) is 9.55 Å². The Morgan fingerprint density at radius 1 is 1.35 bits per heavy atom. The molecule has 0 aliphatic rings. The molecule has 0 saturated carbocycles. The van der Waals surface area contributed by atoms with Crippen molar-refractivity contribution in [2.24, 2.45) is 0 Å².